The number of hydrogen-bond donors (Lipinski definition) is 2. The topological polar surface area (TPSA) is 70.0 Å². The fourth-order valence-electron chi connectivity index (χ4n) is 3.74. The van der Waals surface area contributed by atoms with E-state index in [9.17, 15) is 15.0 Å². The molecule has 3 rings (SSSR count). The van der Waals surface area contributed by atoms with Crippen LogP contribution in [-0.4, -0.2) is 59.0 Å². The summed E-state index contributed by atoms with van der Waals surface area (Å²) in [4.78, 5) is 14.6. The van der Waals surface area contributed by atoms with E-state index in [2.05, 4.69) is 4.90 Å². The van der Waals surface area contributed by atoms with Crippen LogP contribution >= 0.6 is 0 Å². The van der Waals surface area contributed by atoms with Crippen molar-refractivity contribution in [3.8, 4) is 0 Å². The molecule has 22 heavy (non-hydrogen) atoms. The lowest BCUT2D eigenvalue weighted by Gasteiger charge is -2.36. The average Bonchev–Trinajstić information content (AvgIpc) is 2.68. The van der Waals surface area contributed by atoms with Crippen LogP contribution in [0.15, 0.2) is 30.3 Å². The second-order valence-electron chi connectivity index (χ2n) is 6.37. The summed E-state index contributed by atoms with van der Waals surface area (Å²) in [6.45, 7) is -0.259. The number of piperidine rings is 1. The van der Waals surface area contributed by atoms with Crippen LogP contribution in [-0.2, 0) is 9.53 Å². The van der Waals surface area contributed by atoms with E-state index >= 15 is 0 Å². The van der Waals surface area contributed by atoms with Gasteiger partial charge in [-0.2, -0.15) is 0 Å². The number of carbonyl (C=O) groups excluding carboxylic acids is 1. The van der Waals surface area contributed by atoms with Crippen molar-refractivity contribution in [2.45, 2.75) is 49.5 Å². The minimum Gasteiger partial charge on any atom is -0.462 e. The summed E-state index contributed by atoms with van der Waals surface area (Å²) in [7, 11) is 2.02. The molecule has 2 aliphatic heterocycles. The standard InChI is InChI=1S/C17H23NO4/c1-18-12-7-13(9-15(18)16(20)8-12)22-17(21)14(10-19)11-5-3-2-4-6-11/h2-6,12-16,19-20H,7-10H2,1H3/t12-,13+,14-,15+,16+/m1/s1. The molecule has 2 heterocycles. The molecule has 0 amide bonds. The molecule has 1 aromatic rings. The molecule has 0 unspecified atom stereocenters. The Morgan fingerprint density at radius 2 is 2.05 bits per heavy atom. The number of aliphatic hydroxyl groups excluding tert-OH is 2. The van der Waals surface area contributed by atoms with E-state index in [0.717, 1.165) is 18.4 Å². The Morgan fingerprint density at radius 1 is 1.32 bits per heavy atom. The van der Waals surface area contributed by atoms with Crippen molar-refractivity contribution >= 4 is 5.97 Å². The Morgan fingerprint density at radius 3 is 2.68 bits per heavy atom. The fourth-order valence-corrected chi connectivity index (χ4v) is 3.74. The van der Waals surface area contributed by atoms with Crippen molar-refractivity contribution in [3.63, 3.8) is 0 Å². The summed E-state index contributed by atoms with van der Waals surface area (Å²) in [6, 6.07) is 9.56. The summed E-state index contributed by atoms with van der Waals surface area (Å²) in [6.07, 6.45) is 1.66. The summed E-state index contributed by atoms with van der Waals surface area (Å²) in [5.41, 5.74) is 0.769. The molecule has 0 aromatic heterocycles. The van der Waals surface area contributed by atoms with Crippen molar-refractivity contribution in [3.05, 3.63) is 35.9 Å². The summed E-state index contributed by atoms with van der Waals surface area (Å²) < 4.78 is 5.64. The van der Waals surface area contributed by atoms with E-state index in [1.807, 2.05) is 37.4 Å². The number of aliphatic hydroxyl groups is 2. The van der Waals surface area contributed by atoms with E-state index in [1.165, 1.54) is 0 Å². The van der Waals surface area contributed by atoms with Gasteiger partial charge in [-0.25, -0.2) is 0 Å². The first-order chi connectivity index (χ1) is 10.6. The smallest absolute Gasteiger partial charge is 0.316 e. The number of esters is 1. The Labute approximate surface area is 130 Å². The molecule has 0 radical (unpaired) electrons. The maximum atomic E-state index is 12.4. The highest BCUT2D eigenvalue weighted by Gasteiger charge is 2.45. The number of benzene rings is 1. The molecule has 5 atom stereocenters. The monoisotopic (exact) mass is 305 g/mol. The second kappa shape index (κ2) is 6.36. The van der Waals surface area contributed by atoms with E-state index in [0.29, 0.717) is 6.42 Å². The third-order valence-electron chi connectivity index (χ3n) is 5.05. The summed E-state index contributed by atoms with van der Waals surface area (Å²) in [5, 5.41) is 19.6. The molecule has 5 nitrogen and oxygen atoms in total. The molecule has 2 N–H and O–H groups in total. The predicted octanol–water partition coefficient (Wildman–Crippen LogP) is 0.902. The number of nitrogens with zero attached hydrogens (tertiary/aromatic N) is 1. The minimum atomic E-state index is -0.636. The van der Waals surface area contributed by atoms with Crippen LogP contribution < -0.4 is 0 Å². The molecular formula is C17H23NO4. The van der Waals surface area contributed by atoms with Crippen molar-refractivity contribution in [2.24, 2.45) is 0 Å². The molecule has 0 spiro atoms. The van der Waals surface area contributed by atoms with Crippen LogP contribution in [0.2, 0.25) is 0 Å². The van der Waals surface area contributed by atoms with Gasteiger partial charge in [-0.05, 0) is 19.0 Å². The van der Waals surface area contributed by atoms with Gasteiger partial charge >= 0.3 is 5.97 Å². The summed E-state index contributed by atoms with van der Waals surface area (Å²) >= 11 is 0. The first-order valence-electron chi connectivity index (χ1n) is 7.86. The van der Waals surface area contributed by atoms with E-state index in [-0.39, 0.29) is 36.9 Å². The van der Waals surface area contributed by atoms with E-state index in [4.69, 9.17) is 4.74 Å². The van der Waals surface area contributed by atoms with Gasteiger partial charge < -0.3 is 14.9 Å². The predicted molar refractivity (Wildman–Crippen MR) is 81.3 cm³/mol. The van der Waals surface area contributed by atoms with Gasteiger partial charge in [-0.1, -0.05) is 30.3 Å². The lowest BCUT2D eigenvalue weighted by atomic mass is 9.98. The van der Waals surface area contributed by atoms with E-state index < -0.39 is 5.92 Å². The Bertz CT molecular complexity index is 521. The highest BCUT2D eigenvalue weighted by Crippen LogP contribution is 2.36. The number of rotatable bonds is 4. The van der Waals surface area contributed by atoms with Crippen LogP contribution in [0.3, 0.4) is 0 Å². The quantitative estimate of drug-likeness (QED) is 0.809. The zero-order valence-corrected chi connectivity index (χ0v) is 12.8. The van der Waals surface area contributed by atoms with Crippen LogP contribution in [0.5, 0.6) is 0 Å². The maximum Gasteiger partial charge on any atom is 0.316 e. The van der Waals surface area contributed by atoms with Crippen LogP contribution in [0.1, 0.15) is 30.7 Å². The van der Waals surface area contributed by atoms with Gasteiger partial charge in [0.2, 0.25) is 0 Å². The van der Waals surface area contributed by atoms with Gasteiger partial charge in [0.25, 0.3) is 0 Å². The number of fused-ring (bicyclic) bond motifs is 2. The van der Waals surface area contributed by atoms with E-state index in [1.54, 1.807) is 0 Å². The molecule has 120 valence electrons. The second-order valence-corrected chi connectivity index (χ2v) is 6.37. The molecule has 1 aromatic carbocycles. The minimum absolute atomic E-state index is 0.0702. The molecule has 2 saturated heterocycles. The van der Waals surface area contributed by atoms with Gasteiger partial charge in [-0.3, -0.25) is 9.69 Å². The van der Waals surface area contributed by atoms with Gasteiger partial charge in [0.1, 0.15) is 12.0 Å². The first kappa shape index (κ1) is 15.5. The van der Waals surface area contributed by atoms with Crippen LogP contribution in [0.4, 0.5) is 0 Å². The van der Waals surface area contributed by atoms with Gasteiger partial charge in [-0.15, -0.1) is 0 Å². The Hall–Kier alpha value is -1.43. The summed E-state index contributed by atoms with van der Waals surface area (Å²) in [5.74, 6) is -1.01. The van der Waals surface area contributed by atoms with Crippen molar-refractivity contribution in [1.29, 1.82) is 0 Å². The van der Waals surface area contributed by atoms with Gasteiger partial charge in [0.15, 0.2) is 0 Å². The first-order valence-corrected chi connectivity index (χ1v) is 7.86. The van der Waals surface area contributed by atoms with Crippen molar-refractivity contribution < 1.29 is 19.7 Å². The number of hydrogen-bond acceptors (Lipinski definition) is 5. The molecule has 5 heteroatoms. The molecule has 2 aliphatic rings. The third kappa shape index (κ3) is 2.89. The lowest BCUT2D eigenvalue weighted by molar-refractivity contribution is -0.155. The zero-order chi connectivity index (χ0) is 15.7. The Balaban J connectivity index is 1.65. The van der Waals surface area contributed by atoms with Crippen molar-refractivity contribution in [2.75, 3.05) is 13.7 Å². The highest BCUT2D eigenvalue weighted by molar-refractivity contribution is 5.78. The highest BCUT2D eigenvalue weighted by atomic mass is 16.5. The molecule has 0 saturated carbocycles. The zero-order valence-electron chi connectivity index (χ0n) is 12.8. The Kier molecular flexibility index (Phi) is 4.47. The molecule has 2 bridgehead atoms. The maximum absolute atomic E-state index is 12.4. The molecule has 2 fully saturated rings. The fraction of sp³-hybridized carbons (Fsp3) is 0.588. The van der Waals surface area contributed by atoms with Crippen LogP contribution in [0, 0.1) is 0 Å². The van der Waals surface area contributed by atoms with Gasteiger partial charge in [0.05, 0.1) is 12.7 Å². The molecule has 0 aliphatic carbocycles. The average molecular weight is 305 g/mol. The van der Waals surface area contributed by atoms with Gasteiger partial charge in [0, 0.05) is 24.9 Å². The van der Waals surface area contributed by atoms with Crippen LogP contribution in [0.25, 0.3) is 0 Å². The number of carbonyl (C=O) groups is 1. The largest absolute Gasteiger partial charge is 0.462 e. The normalized spacial score (nSPS) is 32.7. The number of likely N-dealkylation sites (N-methyl/N-ethyl adjacent to an activating group) is 1. The van der Waals surface area contributed by atoms with Crippen molar-refractivity contribution in [1.82, 2.24) is 4.90 Å². The third-order valence-corrected chi connectivity index (χ3v) is 5.05. The lowest BCUT2D eigenvalue weighted by Crippen LogP contribution is -2.45. The SMILES string of the molecule is CN1[C@@H]2C[C@H](OC(=O)[C@H](CO)c3ccccc3)C[C@H]1[C@@H](O)C2. The number of ether oxygens (including phenoxy) is 1. The molecular weight excluding hydrogens is 282 g/mol.